The molecule has 1 atom stereocenters. The smallest absolute Gasteiger partial charge is 1.00 e. The minimum absolute atomic E-state index is 0. The van der Waals surface area contributed by atoms with E-state index >= 15 is 0 Å². The maximum absolute atomic E-state index is 2.45. The van der Waals surface area contributed by atoms with Gasteiger partial charge in [-0.05, 0) is 9.43 Å². The van der Waals surface area contributed by atoms with Crippen molar-refractivity contribution in [1.29, 1.82) is 0 Å². The van der Waals surface area contributed by atoms with Gasteiger partial charge in [-0.15, -0.1) is 11.8 Å². The molecule has 0 fully saturated rings. The molecule has 0 bridgehead atoms. The Morgan fingerprint density at radius 2 is 1.83 bits per heavy atom. The maximum Gasteiger partial charge on any atom is -1.00 e. The standard InChI is InChI=1S/C10H14SSi.C5H5.C2H6Si.2ClH.Zr/c1-12(2,3)10-7-8-5-4-6-9(8)11-10;1-2-4-5-3-1;1-3-2;;;/h4-8H,1-3H3;1-3H,4H2;1-2H3;2*1H;/q;;;;;+2/p-2. The molecule has 3 aliphatic rings. The van der Waals surface area contributed by atoms with Crippen LogP contribution >= 0.6 is 11.8 Å². The third kappa shape index (κ3) is 7.79. The summed E-state index contributed by atoms with van der Waals surface area (Å²) >= 11 is 1.98. The first-order valence-electron chi connectivity index (χ1n) is 7.57. The summed E-state index contributed by atoms with van der Waals surface area (Å²) in [5.41, 5.74) is 0. The third-order valence-electron chi connectivity index (χ3n) is 3.39. The average molecular weight is 480 g/mol. The monoisotopic (exact) mass is 477 g/mol. The Morgan fingerprint density at radius 3 is 2.30 bits per heavy atom. The molecular weight excluding hydrogens is 455 g/mol. The van der Waals surface area contributed by atoms with Crippen LogP contribution in [0.2, 0.25) is 32.7 Å². The summed E-state index contributed by atoms with van der Waals surface area (Å²) in [7, 11) is -1.04. The Morgan fingerprint density at radius 1 is 1.13 bits per heavy atom. The van der Waals surface area contributed by atoms with Crippen LogP contribution in [0.4, 0.5) is 0 Å². The Bertz CT molecular complexity index is 543. The Labute approximate surface area is 172 Å². The van der Waals surface area contributed by atoms with Crippen LogP contribution in [0.5, 0.6) is 0 Å². The summed E-state index contributed by atoms with van der Waals surface area (Å²) in [6.45, 7) is 12.1. The van der Waals surface area contributed by atoms with Crippen LogP contribution in [0.1, 0.15) is 6.42 Å². The molecule has 1 heterocycles. The van der Waals surface area contributed by atoms with Crippen LogP contribution in [-0.4, -0.2) is 14.0 Å². The van der Waals surface area contributed by atoms with Crippen molar-refractivity contribution >= 4 is 25.8 Å². The molecule has 0 aromatic heterocycles. The topological polar surface area (TPSA) is 0 Å². The van der Waals surface area contributed by atoms with Gasteiger partial charge in [0.2, 0.25) is 0 Å². The summed E-state index contributed by atoms with van der Waals surface area (Å²) in [5.74, 6) is 0.780. The molecule has 1 aliphatic heterocycles. The SMILES string of the molecule is C[Si](C)(C)C1=CC2C=CC=C2S1.C[Si](C)[Zr+2][C]1=CC=CC1.[Cl-].[Cl-]. The zero-order valence-corrected chi connectivity index (χ0v) is 21.3. The average Bonchev–Trinajstić information content (AvgIpc) is 3.01. The van der Waals surface area contributed by atoms with Crippen LogP contribution in [0, 0.1) is 5.92 Å². The number of thioether (sulfide) groups is 1. The number of hydrogen-bond donors (Lipinski definition) is 0. The van der Waals surface area contributed by atoms with Gasteiger partial charge < -0.3 is 24.8 Å². The second kappa shape index (κ2) is 10.8. The first kappa shape index (κ1) is 23.9. The number of rotatable bonds is 3. The molecule has 125 valence electrons. The summed E-state index contributed by atoms with van der Waals surface area (Å²) < 4.78 is 3.46. The zero-order valence-electron chi connectivity index (χ0n) is 14.5. The first-order valence-corrected chi connectivity index (χ1v) is 19.3. The Kier molecular flexibility index (Phi) is 11.3. The van der Waals surface area contributed by atoms with Crippen molar-refractivity contribution in [3.63, 3.8) is 0 Å². The van der Waals surface area contributed by atoms with Gasteiger partial charge >= 0.3 is 69.3 Å². The first-order chi connectivity index (χ1) is 9.86. The van der Waals surface area contributed by atoms with Crippen LogP contribution in [0.3, 0.4) is 0 Å². The van der Waals surface area contributed by atoms with E-state index in [4.69, 9.17) is 0 Å². The molecule has 0 amide bonds. The normalized spacial score (nSPS) is 20.4. The van der Waals surface area contributed by atoms with Gasteiger partial charge in [-0.3, -0.25) is 0 Å². The van der Waals surface area contributed by atoms with Crippen molar-refractivity contribution in [2.75, 3.05) is 0 Å². The summed E-state index contributed by atoms with van der Waals surface area (Å²) in [6, 6.07) is 0. The second-order valence-electron chi connectivity index (χ2n) is 6.81. The fraction of sp³-hybridized carbons (Fsp3) is 0.412. The van der Waals surface area contributed by atoms with Gasteiger partial charge in [0.25, 0.3) is 0 Å². The van der Waals surface area contributed by atoms with Crippen molar-refractivity contribution in [2.24, 2.45) is 5.92 Å². The molecule has 0 nitrogen and oxygen atoms in total. The summed E-state index contributed by atoms with van der Waals surface area (Å²) in [6.07, 6.45) is 17.3. The molecule has 3 rings (SSSR count). The molecule has 23 heavy (non-hydrogen) atoms. The number of hydrogen-bond acceptors (Lipinski definition) is 1. The minimum atomic E-state index is -1.04. The van der Waals surface area contributed by atoms with E-state index in [1.165, 1.54) is 11.3 Å². The van der Waals surface area contributed by atoms with E-state index in [1.54, 1.807) is 7.81 Å². The predicted octanol–water partition coefficient (Wildman–Crippen LogP) is -0.264. The van der Waals surface area contributed by atoms with E-state index < -0.39 is 8.07 Å². The van der Waals surface area contributed by atoms with Crippen LogP contribution in [-0.2, 0) is 22.4 Å². The molecular formula is C17H25Cl2SSi2Zr. The number of fused-ring (bicyclic) bond motifs is 1. The third-order valence-corrected chi connectivity index (χ3v) is 16.0. The fourth-order valence-electron chi connectivity index (χ4n) is 2.30. The summed E-state index contributed by atoms with van der Waals surface area (Å²) in [4.78, 5) is 1.53. The van der Waals surface area contributed by atoms with E-state index in [-0.39, 0.29) is 53.1 Å². The second-order valence-corrected chi connectivity index (χ2v) is 26.4. The minimum Gasteiger partial charge on any atom is -1.00 e. The zero-order chi connectivity index (χ0) is 15.5. The van der Waals surface area contributed by atoms with E-state index in [9.17, 15) is 0 Å². The fourth-order valence-corrected chi connectivity index (χ4v) is 12.9. The van der Waals surface area contributed by atoms with Crippen molar-refractivity contribution in [2.45, 2.75) is 39.2 Å². The number of halogens is 2. The van der Waals surface area contributed by atoms with Gasteiger partial charge in [-0.1, -0.05) is 43.9 Å². The van der Waals surface area contributed by atoms with Gasteiger partial charge in [-0.25, -0.2) is 0 Å². The maximum atomic E-state index is 2.45. The van der Waals surface area contributed by atoms with E-state index in [2.05, 4.69) is 75.3 Å². The van der Waals surface area contributed by atoms with Crippen LogP contribution in [0.25, 0.3) is 0 Å². The van der Waals surface area contributed by atoms with Gasteiger partial charge in [0, 0.05) is 5.92 Å². The van der Waals surface area contributed by atoms with Gasteiger partial charge in [-0.2, -0.15) is 0 Å². The largest absolute Gasteiger partial charge is 1.00 e. The van der Waals surface area contributed by atoms with Gasteiger partial charge in [0.1, 0.15) is 0 Å². The molecule has 0 aromatic rings. The van der Waals surface area contributed by atoms with Crippen molar-refractivity contribution in [3.05, 3.63) is 55.2 Å². The van der Waals surface area contributed by atoms with Crippen LogP contribution in [0.15, 0.2) is 55.2 Å². The van der Waals surface area contributed by atoms with E-state index in [0.29, 0.717) is 5.92 Å². The quantitative estimate of drug-likeness (QED) is 0.503. The Hall–Kier alpha value is 0.947. The van der Waals surface area contributed by atoms with E-state index in [1.807, 2.05) is 11.8 Å². The van der Waals surface area contributed by atoms with Crippen molar-refractivity contribution in [1.82, 2.24) is 0 Å². The molecule has 0 aromatic carbocycles. The van der Waals surface area contributed by atoms with E-state index in [0.717, 1.165) is 0 Å². The Balaban J connectivity index is 0.000000401. The molecule has 0 saturated carbocycles. The molecule has 0 spiro atoms. The molecule has 6 heteroatoms. The molecule has 0 saturated heterocycles. The number of allylic oxidation sites excluding steroid dienone is 9. The summed E-state index contributed by atoms with van der Waals surface area (Å²) in [5, 5.41) is 0. The molecule has 1 unspecified atom stereocenters. The van der Waals surface area contributed by atoms with Gasteiger partial charge in [0.15, 0.2) is 0 Å². The van der Waals surface area contributed by atoms with Crippen LogP contribution < -0.4 is 24.8 Å². The van der Waals surface area contributed by atoms with Gasteiger partial charge in [0.05, 0.1) is 8.07 Å². The molecule has 2 aliphatic carbocycles. The van der Waals surface area contributed by atoms with Crippen molar-refractivity contribution in [3.8, 4) is 0 Å². The predicted molar refractivity (Wildman–Crippen MR) is 99.1 cm³/mol. The molecule has 0 N–H and O–H groups in total. The van der Waals surface area contributed by atoms with Crippen molar-refractivity contribution < 1.29 is 47.2 Å². The molecule has 1 radical (unpaired) electrons.